The highest BCUT2D eigenvalue weighted by Gasteiger charge is 2.19. The lowest BCUT2D eigenvalue weighted by atomic mass is 10.1. The van der Waals surface area contributed by atoms with E-state index in [1.165, 1.54) is 10.6 Å². The van der Waals surface area contributed by atoms with E-state index in [-0.39, 0.29) is 0 Å². The molecule has 2 aromatic rings. The molecule has 0 saturated carbocycles. The van der Waals surface area contributed by atoms with E-state index in [0.717, 1.165) is 30.4 Å². The van der Waals surface area contributed by atoms with Crippen molar-refractivity contribution in [3.63, 3.8) is 0 Å². The van der Waals surface area contributed by atoms with Gasteiger partial charge in [-0.15, -0.1) is 11.3 Å². The summed E-state index contributed by atoms with van der Waals surface area (Å²) in [6.45, 7) is 6.25. The predicted molar refractivity (Wildman–Crippen MR) is 84.7 cm³/mol. The summed E-state index contributed by atoms with van der Waals surface area (Å²) in [6, 6.07) is 4.63. The predicted octanol–water partition coefficient (Wildman–Crippen LogP) is 4.01. The number of halogens is 1. The molecule has 104 valence electrons. The molecule has 0 aliphatic carbocycles. The molecule has 0 aliphatic heterocycles. The Morgan fingerprint density at radius 3 is 2.95 bits per heavy atom. The second kappa shape index (κ2) is 7.22. The van der Waals surface area contributed by atoms with Gasteiger partial charge in [-0.05, 0) is 47.3 Å². The monoisotopic (exact) mass is 341 g/mol. The molecule has 0 radical (unpaired) electrons. The Balaban J connectivity index is 2.23. The van der Waals surface area contributed by atoms with Crippen molar-refractivity contribution in [2.24, 2.45) is 0 Å². The van der Waals surface area contributed by atoms with E-state index in [1.807, 2.05) is 17.5 Å². The molecule has 2 rings (SSSR count). The molecule has 1 atom stereocenters. The van der Waals surface area contributed by atoms with Crippen molar-refractivity contribution in [2.75, 3.05) is 6.54 Å². The first-order valence-corrected chi connectivity index (χ1v) is 8.40. The van der Waals surface area contributed by atoms with E-state index in [2.05, 4.69) is 62.4 Å². The van der Waals surface area contributed by atoms with Gasteiger partial charge in [0.1, 0.15) is 0 Å². The number of nitrogens with one attached hydrogen (secondary N) is 1. The lowest BCUT2D eigenvalue weighted by Gasteiger charge is -2.20. The maximum atomic E-state index is 4.43. The number of rotatable bonds is 7. The molecule has 1 unspecified atom stereocenters. The van der Waals surface area contributed by atoms with Crippen molar-refractivity contribution in [1.82, 2.24) is 15.1 Å². The topological polar surface area (TPSA) is 29.9 Å². The quantitative estimate of drug-likeness (QED) is 0.824. The van der Waals surface area contributed by atoms with Gasteiger partial charge < -0.3 is 5.32 Å². The summed E-state index contributed by atoms with van der Waals surface area (Å²) in [5.74, 6) is 0. The largest absolute Gasteiger partial charge is 0.308 e. The van der Waals surface area contributed by atoms with Gasteiger partial charge in [0.25, 0.3) is 0 Å². The van der Waals surface area contributed by atoms with Gasteiger partial charge in [0.05, 0.1) is 22.4 Å². The Kier molecular flexibility index (Phi) is 5.60. The minimum absolute atomic E-state index is 0.315. The lowest BCUT2D eigenvalue weighted by molar-refractivity contribution is 0.479. The second-order valence-corrected chi connectivity index (χ2v) is 6.37. The highest BCUT2D eigenvalue weighted by molar-refractivity contribution is 9.10. The fourth-order valence-electron chi connectivity index (χ4n) is 2.18. The van der Waals surface area contributed by atoms with E-state index >= 15 is 0 Å². The molecule has 0 saturated heterocycles. The SMILES string of the molecule is CCCNC(Cc1cccs1)c1c(Br)cnn1CC. The fraction of sp³-hybridized carbons (Fsp3) is 0.500. The second-order valence-electron chi connectivity index (χ2n) is 4.48. The molecular formula is C14H20BrN3S. The minimum Gasteiger partial charge on any atom is -0.308 e. The van der Waals surface area contributed by atoms with Crippen molar-refractivity contribution in [2.45, 2.75) is 39.3 Å². The zero-order chi connectivity index (χ0) is 13.7. The van der Waals surface area contributed by atoms with Crippen molar-refractivity contribution < 1.29 is 0 Å². The van der Waals surface area contributed by atoms with Crippen LogP contribution in [-0.4, -0.2) is 16.3 Å². The maximum Gasteiger partial charge on any atom is 0.0699 e. The van der Waals surface area contributed by atoms with Gasteiger partial charge in [-0.2, -0.15) is 5.10 Å². The van der Waals surface area contributed by atoms with Crippen LogP contribution in [0.15, 0.2) is 28.2 Å². The smallest absolute Gasteiger partial charge is 0.0699 e. The van der Waals surface area contributed by atoms with E-state index in [4.69, 9.17) is 0 Å². The maximum absolute atomic E-state index is 4.43. The molecule has 0 bridgehead atoms. The number of aryl methyl sites for hydroxylation is 1. The summed E-state index contributed by atoms with van der Waals surface area (Å²) in [7, 11) is 0. The van der Waals surface area contributed by atoms with Crippen LogP contribution in [0.4, 0.5) is 0 Å². The summed E-state index contributed by atoms with van der Waals surface area (Å²) < 4.78 is 3.17. The number of thiophene rings is 1. The van der Waals surface area contributed by atoms with Gasteiger partial charge in [0.2, 0.25) is 0 Å². The van der Waals surface area contributed by atoms with Crippen molar-refractivity contribution in [3.8, 4) is 0 Å². The number of nitrogens with zero attached hydrogens (tertiary/aromatic N) is 2. The van der Waals surface area contributed by atoms with E-state index < -0.39 is 0 Å². The van der Waals surface area contributed by atoms with Crippen LogP contribution < -0.4 is 5.32 Å². The summed E-state index contributed by atoms with van der Waals surface area (Å²) in [6.07, 6.45) is 4.05. The van der Waals surface area contributed by atoms with Gasteiger partial charge in [0, 0.05) is 17.8 Å². The molecule has 19 heavy (non-hydrogen) atoms. The van der Waals surface area contributed by atoms with E-state index in [0.29, 0.717) is 6.04 Å². The molecule has 5 heteroatoms. The number of hydrogen-bond acceptors (Lipinski definition) is 3. The average Bonchev–Trinajstić information content (AvgIpc) is 3.04. The Morgan fingerprint density at radius 1 is 1.47 bits per heavy atom. The van der Waals surface area contributed by atoms with Gasteiger partial charge >= 0.3 is 0 Å². The van der Waals surface area contributed by atoms with Crippen LogP contribution in [0.5, 0.6) is 0 Å². The zero-order valence-corrected chi connectivity index (χ0v) is 13.8. The highest BCUT2D eigenvalue weighted by atomic mass is 79.9. The summed E-state index contributed by atoms with van der Waals surface area (Å²) in [4.78, 5) is 1.41. The minimum atomic E-state index is 0.315. The molecule has 0 aromatic carbocycles. The third-order valence-corrected chi connectivity index (χ3v) is 4.60. The van der Waals surface area contributed by atoms with E-state index in [1.54, 1.807) is 0 Å². The van der Waals surface area contributed by atoms with Crippen LogP contribution in [0.25, 0.3) is 0 Å². The molecule has 0 aliphatic rings. The molecule has 0 spiro atoms. The number of aromatic nitrogens is 2. The van der Waals surface area contributed by atoms with Crippen LogP contribution in [0.3, 0.4) is 0 Å². The third-order valence-electron chi connectivity index (χ3n) is 3.09. The Bertz CT molecular complexity index is 493. The number of hydrogen-bond donors (Lipinski definition) is 1. The van der Waals surface area contributed by atoms with Crippen molar-refractivity contribution in [3.05, 3.63) is 38.8 Å². The third kappa shape index (κ3) is 3.68. The molecule has 2 heterocycles. The normalized spacial score (nSPS) is 12.8. The van der Waals surface area contributed by atoms with Crippen LogP contribution in [0.2, 0.25) is 0 Å². The average molecular weight is 342 g/mol. The van der Waals surface area contributed by atoms with Gasteiger partial charge in [-0.1, -0.05) is 13.0 Å². The fourth-order valence-corrected chi connectivity index (χ4v) is 3.51. The summed E-state index contributed by atoms with van der Waals surface area (Å²) >= 11 is 5.45. The summed E-state index contributed by atoms with van der Waals surface area (Å²) in [5.41, 5.74) is 1.25. The van der Waals surface area contributed by atoms with Crippen LogP contribution in [0.1, 0.15) is 36.9 Å². The molecule has 1 N–H and O–H groups in total. The first-order chi connectivity index (χ1) is 9.26. The van der Waals surface area contributed by atoms with E-state index in [9.17, 15) is 0 Å². The lowest BCUT2D eigenvalue weighted by Crippen LogP contribution is -2.26. The molecule has 3 nitrogen and oxygen atoms in total. The first-order valence-electron chi connectivity index (χ1n) is 6.73. The van der Waals surface area contributed by atoms with Crippen molar-refractivity contribution in [1.29, 1.82) is 0 Å². The zero-order valence-electron chi connectivity index (χ0n) is 11.4. The molecule has 2 aromatic heterocycles. The van der Waals surface area contributed by atoms with Crippen molar-refractivity contribution >= 4 is 27.3 Å². The van der Waals surface area contributed by atoms with Gasteiger partial charge in [-0.3, -0.25) is 4.68 Å². The standard InChI is InChI=1S/C14H20BrN3S/c1-3-7-16-13(9-11-6-5-8-19-11)14-12(15)10-17-18(14)4-2/h5-6,8,10,13,16H,3-4,7,9H2,1-2H3. The molecule has 0 fully saturated rings. The Hall–Kier alpha value is -0.650. The van der Waals surface area contributed by atoms with Crippen LogP contribution in [0, 0.1) is 0 Å². The molecule has 0 amide bonds. The Labute approximate surface area is 127 Å². The van der Waals surface area contributed by atoms with Crippen LogP contribution in [-0.2, 0) is 13.0 Å². The highest BCUT2D eigenvalue weighted by Crippen LogP contribution is 2.27. The van der Waals surface area contributed by atoms with Gasteiger partial charge in [-0.25, -0.2) is 0 Å². The summed E-state index contributed by atoms with van der Waals surface area (Å²) in [5, 5.41) is 10.2. The Morgan fingerprint density at radius 2 is 2.32 bits per heavy atom. The first kappa shape index (κ1) is 14.8. The molecular weight excluding hydrogens is 322 g/mol. The van der Waals surface area contributed by atoms with Crippen LogP contribution >= 0.6 is 27.3 Å². The van der Waals surface area contributed by atoms with Gasteiger partial charge in [0.15, 0.2) is 0 Å².